The van der Waals surface area contributed by atoms with Gasteiger partial charge in [-0.15, -0.1) is 0 Å². The van der Waals surface area contributed by atoms with Gasteiger partial charge in [0.2, 0.25) is 16.0 Å². The van der Waals surface area contributed by atoms with Crippen LogP contribution in [0, 0.1) is 0 Å². The molecule has 1 aromatic heterocycles. The highest BCUT2D eigenvalue weighted by atomic mass is 32.2. The number of rotatable bonds is 5. The Hall–Kier alpha value is -1.41. The number of nitrogens with two attached hydrogens (primary N) is 2. The van der Waals surface area contributed by atoms with Crippen LogP contribution in [0.4, 0.5) is 11.8 Å². The molecule has 0 saturated carbocycles. The summed E-state index contributed by atoms with van der Waals surface area (Å²) in [6.07, 6.45) is 1.94. The van der Waals surface area contributed by atoms with Crippen LogP contribution in [0.15, 0.2) is 12.3 Å². The number of nitrogen functional groups attached to an aromatic ring is 1. The Bertz CT molecular complexity index is 419. The standard InChI is InChI=1S/C7H13N5O2S/c8-7-11-4-2-6(12-7)10-3-1-5-15(9,13)14/h2,4H,1,3,5H2,(H2,9,13,14)(H3,8,10,11,12). The van der Waals surface area contributed by atoms with E-state index >= 15 is 0 Å². The van der Waals surface area contributed by atoms with Gasteiger partial charge in [0, 0.05) is 12.7 Å². The average Bonchev–Trinajstić information content (AvgIpc) is 2.11. The summed E-state index contributed by atoms with van der Waals surface area (Å²) in [7, 11) is -3.38. The summed E-state index contributed by atoms with van der Waals surface area (Å²) in [6.45, 7) is 0.465. The van der Waals surface area contributed by atoms with Crippen LogP contribution in [0.1, 0.15) is 6.42 Å². The van der Waals surface area contributed by atoms with Crippen molar-refractivity contribution in [3.05, 3.63) is 12.3 Å². The molecule has 0 unspecified atom stereocenters. The zero-order chi connectivity index (χ0) is 11.3. The van der Waals surface area contributed by atoms with Gasteiger partial charge in [-0.1, -0.05) is 0 Å². The molecule has 0 fully saturated rings. The van der Waals surface area contributed by atoms with Gasteiger partial charge in [0.1, 0.15) is 5.82 Å². The number of sulfonamides is 1. The number of hydrogen-bond acceptors (Lipinski definition) is 6. The Balaban J connectivity index is 2.32. The van der Waals surface area contributed by atoms with Crippen LogP contribution in [-0.2, 0) is 10.0 Å². The minimum atomic E-state index is -3.38. The average molecular weight is 231 g/mol. The smallest absolute Gasteiger partial charge is 0.221 e. The van der Waals surface area contributed by atoms with Crippen molar-refractivity contribution in [3.63, 3.8) is 0 Å². The molecule has 7 nitrogen and oxygen atoms in total. The Morgan fingerprint density at radius 1 is 1.47 bits per heavy atom. The van der Waals surface area contributed by atoms with E-state index in [1.54, 1.807) is 6.07 Å². The lowest BCUT2D eigenvalue weighted by atomic mass is 10.4. The molecule has 0 aliphatic carbocycles. The Morgan fingerprint density at radius 2 is 2.20 bits per heavy atom. The summed E-state index contributed by atoms with van der Waals surface area (Å²) in [5.74, 6) is 0.684. The molecule has 0 bridgehead atoms. The van der Waals surface area contributed by atoms with Gasteiger partial charge in [0.25, 0.3) is 0 Å². The SMILES string of the molecule is Nc1nccc(NCCCS(N)(=O)=O)n1. The minimum absolute atomic E-state index is 0.0550. The summed E-state index contributed by atoms with van der Waals surface area (Å²) in [5.41, 5.74) is 5.35. The Morgan fingerprint density at radius 3 is 2.80 bits per heavy atom. The molecule has 0 atom stereocenters. The summed E-state index contributed by atoms with van der Waals surface area (Å²) in [6, 6.07) is 1.65. The lowest BCUT2D eigenvalue weighted by Gasteiger charge is -2.04. The molecule has 1 rings (SSSR count). The number of primary sulfonamides is 1. The maximum Gasteiger partial charge on any atom is 0.221 e. The molecule has 0 aromatic carbocycles. The van der Waals surface area contributed by atoms with Crippen molar-refractivity contribution in [1.29, 1.82) is 0 Å². The van der Waals surface area contributed by atoms with Crippen LogP contribution in [0.3, 0.4) is 0 Å². The molecule has 84 valence electrons. The highest BCUT2D eigenvalue weighted by Crippen LogP contribution is 2.02. The Kier molecular flexibility index (Phi) is 3.81. The van der Waals surface area contributed by atoms with E-state index in [-0.39, 0.29) is 11.7 Å². The molecular weight excluding hydrogens is 218 g/mol. The monoisotopic (exact) mass is 231 g/mol. The molecule has 0 spiro atoms. The van der Waals surface area contributed by atoms with E-state index in [0.29, 0.717) is 18.8 Å². The normalized spacial score (nSPS) is 11.3. The van der Waals surface area contributed by atoms with E-state index in [9.17, 15) is 8.42 Å². The summed E-state index contributed by atoms with van der Waals surface area (Å²) in [4.78, 5) is 7.60. The second-order valence-corrected chi connectivity index (χ2v) is 4.68. The molecule has 0 amide bonds. The van der Waals surface area contributed by atoms with Crippen LogP contribution in [0.2, 0.25) is 0 Å². The van der Waals surface area contributed by atoms with Crippen LogP contribution in [0.25, 0.3) is 0 Å². The largest absolute Gasteiger partial charge is 0.370 e. The quantitative estimate of drug-likeness (QED) is 0.567. The van der Waals surface area contributed by atoms with Crippen molar-refractivity contribution in [2.24, 2.45) is 5.14 Å². The van der Waals surface area contributed by atoms with E-state index in [0.717, 1.165) is 0 Å². The van der Waals surface area contributed by atoms with Crippen molar-refractivity contribution in [2.45, 2.75) is 6.42 Å². The molecule has 1 heterocycles. The lowest BCUT2D eigenvalue weighted by Crippen LogP contribution is -2.18. The third kappa shape index (κ3) is 5.13. The highest BCUT2D eigenvalue weighted by molar-refractivity contribution is 7.89. The molecule has 1 aromatic rings. The second-order valence-electron chi connectivity index (χ2n) is 2.95. The van der Waals surface area contributed by atoms with Crippen molar-refractivity contribution >= 4 is 21.8 Å². The number of nitrogens with zero attached hydrogens (tertiary/aromatic N) is 2. The first-order valence-corrected chi connectivity index (χ1v) is 6.02. The molecular formula is C7H13N5O2S. The summed E-state index contributed by atoms with van der Waals surface area (Å²) >= 11 is 0. The first-order chi connectivity index (χ1) is 6.97. The molecule has 15 heavy (non-hydrogen) atoms. The molecule has 0 aliphatic heterocycles. The number of hydrogen-bond donors (Lipinski definition) is 3. The van der Waals surface area contributed by atoms with Gasteiger partial charge in [-0.3, -0.25) is 0 Å². The number of aromatic nitrogens is 2. The van der Waals surface area contributed by atoms with Crippen LogP contribution in [0.5, 0.6) is 0 Å². The molecule has 0 saturated heterocycles. The second kappa shape index (κ2) is 4.89. The van der Waals surface area contributed by atoms with Gasteiger partial charge < -0.3 is 11.1 Å². The van der Waals surface area contributed by atoms with E-state index < -0.39 is 10.0 Å². The van der Waals surface area contributed by atoms with E-state index in [2.05, 4.69) is 15.3 Å². The van der Waals surface area contributed by atoms with Crippen molar-refractivity contribution in [3.8, 4) is 0 Å². The first-order valence-electron chi connectivity index (χ1n) is 4.30. The third-order valence-electron chi connectivity index (χ3n) is 1.59. The number of anilines is 2. The summed E-state index contributed by atoms with van der Waals surface area (Å²) < 4.78 is 21.2. The van der Waals surface area contributed by atoms with Gasteiger partial charge in [0.05, 0.1) is 5.75 Å². The fraction of sp³-hybridized carbons (Fsp3) is 0.429. The number of nitrogens with one attached hydrogen (secondary N) is 1. The molecule has 8 heteroatoms. The van der Waals surface area contributed by atoms with E-state index in [1.807, 2.05) is 0 Å². The fourth-order valence-corrected chi connectivity index (χ4v) is 1.51. The van der Waals surface area contributed by atoms with Gasteiger partial charge in [-0.25, -0.2) is 18.5 Å². The van der Waals surface area contributed by atoms with Crippen molar-refractivity contribution in [2.75, 3.05) is 23.3 Å². The zero-order valence-electron chi connectivity index (χ0n) is 8.05. The van der Waals surface area contributed by atoms with Crippen molar-refractivity contribution < 1.29 is 8.42 Å². The minimum Gasteiger partial charge on any atom is -0.370 e. The first kappa shape index (κ1) is 11.7. The van der Waals surface area contributed by atoms with Gasteiger partial charge in [-0.2, -0.15) is 4.98 Å². The fourth-order valence-electron chi connectivity index (χ4n) is 0.962. The highest BCUT2D eigenvalue weighted by Gasteiger charge is 2.01. The maximum absolute atomic E-state index is 10.6. The maximum atomic E-state index is 10.6. The predicted molar refractivity (Wildman–Crippen MR) is 57.5 cm³/mol. The molecule has 5 N–H and O–H groups in total. The van der Waals surface area contributed by atoms with Crippen molar-refractivity contribution in [1.82, 2.24) is 9.97 Å². The Labute approximate surface area is 88.0 Å². The predicted octanol–water partition coefficient (Wildman–Crippen LogP) is -0.851. The van der Waals surface area contributed by atoms with Gasteiger partial charge in [0.15, 0.2) is 0 Å². The third-order valence-corrected chi connectivity index (χ3v) is 2.44. The summed E-state index contributed by atoms with van der Waals surface area (Å²) in [5, 5.41) is 7.74. The zero-order valence-corrected chi connectivity index (χ0v) is 8.87. The van der Waals surface area contributed by atoms with E-state index in [4.69, 9.17) is 10.9 Å². The molecule has 0 aliphatic rings. The topological polar surface area (TPSA) is 124 Å². The van der Waals surface area contributed by atoms with Gasteiger partial charge >= 0.3 is 0 Å². The van der Waals surface area contributed by atoms with Gasteiger partial charge in [-0.05, 0) is 12.5 Å². The van der Waals surface area contributed by atoms with Crippen LogP contribution < -0.4 is 16.2 Å². The van der Waals surface area contributed by atoms with Crippen LogP contribution >= 0.6 is 0 Å². The van der Waals surface area contributed by atoms with Crippen LogP contribution in [-0.4, -0.2) is 30.7 Å². The molecule has 0 radical (unpaired) electrons. The van der Waals surface area contributed by atoms with E-state index in [1.165, 1.54) is 6.20 Å². The lowest BCUT2D eigenvalue weighted by molar-refractivity contribution is 0.595.